The zero-order valence-electron chi connectivity index (χ0n) is 10.6. The van der Waals surface area contributed by atoms with E-state index in [0.29, 0.717) is 5.82 Å². The lowest BCUT2D eigenvalue weighted by molar-refractivity contribution is 1.08. The zero-order chi connectivity index (χ0) is 14.2. The lowest BCUT2D eigenvalue weighted by Crippen LogP contribution is -2.07. The third-order valence-electron chi connectivity index (χ3n) is 3.09. The largest absolute Gasteiger partial charge is 0.344 e. The normalized spacial score (nSPS) is 11.0. The summed E-state index contributed by atoms with van der Waals surface area (Å²) in [7, 11) is 0. The molecule has 0 spiro atoms. The Morgan fingerprint density at radius 3 is 2.86 bits per heavy atom. The van der Waals surface area contributed by atoms with Gasteiger partial charge in [0, 0.05) is 18.0 Å². The molecular formula is C13H8N6OS. The molecule has 0 fully saturated rings. The predicted molar refractivity (Wildman–Crippen MR) is 78.8 cm³/mol. The molecule has 0 unspecified atom stereocenters. The van der Waals surface area contributed by atoms with Gasteiger partial charge in [-0.2, -0.15) is 8.75 Å². The Balaban J connectivity index is 1.82. The molecule has 102 valence electrons. The molecule has 0 radical (unpaired) electrons. The number of hydrogen-bond acceptors (Lipinski definition) is 6. The zero-order valence-corrected chi connectivity index (χ0v) is 11.4. The van der Waals surface area contributed by atoms with Gasteiger partial charge in [-0.15, -0.1) is 0 Å². The van der Waals surface area contributed by atoms with Crippen LogP contribution in [0.1, 0.15) is 0 Å². The number of hydrogen-bond donors (Lipinski definition) is 2. The second-order valence-electron chi connectivity index (χ2n) is 4.42. The molecule has 8 heteroatoms. The SMILES string of the molecule is O=c1ncc(-c2ccc3[nH]c(-c4cnsn4)nc3c2)c[nH]1. The van der Waals surface area contributed by atoms with E-state index < -0.39 is 0 Å². The van der Waals surface area contributed by atoms with E-state index in [0.717, 1.165) is 39.6 Å². The van der Waals surface area contributed by atoms with Crippen molar-refractivity contribution in [2.24, 2.45) is 0 Å². The summed E-state index contributed by atoms with van der Waals surface area (Å²) < 4.78 is 8.13. The summed E-state index contributed by atoms with van der Waals surface area (Å²) in [5.74, 6) is 0.690. The smallest absolute Gasteiger partial charge is 0.337 e. The summed E-state index contributed by atoms with van der Waals surface area (Å²) in [6.45, 7) is 0. The van der Waals surface area contributed by atoms with Gasteiger partial charge in [-0.25, -0.2) is 14.8 Å². The molecule has 0 saturated heterocycles. The maximum Gasteiger partial charge on any atom is 0.344 e. The molecule has 0 amide bonds. The van der Waals surface area contributed by atoms with Crippen LogP contribution in [0.4, 0.5) is 0 Å². The number of fused-ring (bicyclic) bond motifs is 1. The van der Waals surface area contributed by atoms with Crippen molar-refractivity contribution in [3.05, 3.63) is 47.3 Å². The van der Waals surface area contributed by atoms with Crippen LogP contribution in [0, 0.1) is 0 Å². The van der Waals surface area contributed by atoms with Crippen LogP contribution in [-0.4, -0.2) is 28.7 Å². The first-order valence-electron chi connectivity index (χ1n) is 6.12. The number of rotatable bonds is 2. The summed E-state index contributed by atoms with van der Waals surface area (Å²) in [5.41, 5.74) is 3.86. The number of H-pyrrole nitrogens is 2. The van der Waals surface area contributed by atoms with Crippen LogP contribution in [-0.2, 0) is 0 Å². The van der Waals surface area contributed by atoms with Crippen LogP contribution in [0.3, 0.4) is 0 Å². The summed E-state index contributed by atoms with van der Waals surface area (Å²) in [6.07, 6.45) is 4.85. The Morgan fingerprint density at radius 2 is 2.10 bits per heavy atom. The summed E-state index contributed by atoms with van der Waals surface area (Å²) in [5, 5.41) is 0. The van der Waals surface area contributed by atoms with Crippen LogP contribution < -0.4 is 5.69 Å². The van der Waals surface area contributed by atoms with Crippen molar-refractivity contribution in [3.8, 4) is 22.6 Å². The molecule has 0 aliphatic rings. The van der Waals surface area contributed by atoms with Crippen LogP contribution in [0.5, 0.6) is 0 Å². The standard InChI is InChI=1S/C13H8N6OS/c20-13-14-4-8(5-15-13)7-1-2-9-10(3-7)18-12(17-9)11-6-16-21-19-11/h1-6H,(H,17,18)(H,14,15,20). The molecule has 0 saturated carbocycles. The van der Waals surface area contributed by atoms with Gasteiger partial charge >= 0.3 is 5.69 Å². The molecule has 0 atom stereocenters. The maximum absolute atomic E-state index is 11.0. The lowest BCUT2D eigenvalue weighted by Gasteiger charge is -1.99. The number of imidazole rings is 1. The summed E-state index contributed by atoms with van der Waals surface area (Å²) in [6, 6.07) is 5.81. The van der Waals surface area contributed by atoms with Crippen molar-refractivity contribution in [2.75, 3.05) is 0 Å². The van der Waals surface area contributed by atoms with Crippen LogP contribution in [0.2, 0.25) is 0 Å². The van der Waals surface area contributed by atoms with Gasteiger partial charge in [-0.05, 0) is 17.7 Å². The van der Waals surface area contributed by atoms with E-state index in [4.69, 9.17) is 0 Å². The lowest BCUT2D eigenvalue weighted by atomic mass is 10.1. The second kappa shape index (κ2) is 4.60. The molecule has 0 aliphatic carbocycles. The van der Waals surface area contributed by atoms with Crippen molar-refractivity contribution < 1.29 is 0 Å². The van der Waals surface area contributed by atoms with Crippen molar-refractivity contribution in [1.29, 1.82) is 0 Å². The predicted octanol–water partition coefficient (Wildman–Crippen LogP) is 1.83. The quantitative estimate of drug-likeness (QED) is 0.588. The molecular weight excluding hydrogens is 288 g/mol. The number of nitrogens with zero attached hydrogens (tertiary/aromatic N) is 4. The molecule has 4 aromatic rings. The van der Waals surface area contributed by atoms with Crippen molar-refractivity contribution in [2.45, 2.75) is 0 Å². The third kappa shape index (κ3) is 2.11. The van der Waals surface area contributed by atoms with E-state index in [9.17, 15) is 4.79 Å². The van der Waals surface area contributed by atoms with Crippen LogP contribution in [0.25, 0.3) is 33.7 Å². The molecule has 1 aromatic carbocycles. The number of aromatic nitrogens is 6. The minimum Gasteiger partial charge on any atom is -0.337 e. The fourth-order valence-electron chi connectivity index (χ4n) is 2.08. The molecule has 21 heavy (non-hydrogen) atoms. The van der Waals surface area contributed by atoms with Crippen LogP contribution in [0.15, 0.2) is 41.6 Å². The Labute approximate surface area is 122 Å². The van der Waals surface area contributed by atoms with E-state index in [1.807, 2.05) is 18.2 Å². The Morgan fingerprint density at radius 1 is 1.14 bits per heavy atom. The Bertz CT molecular complexity index is 951. The van der Waals surface area contributed by atoms with Gasteiger partial charge in [-0.1, -0.05) is 6.07 Å². The molecule has 3 heterocycles. The van der Waals surface area contributed by atoms with Crippen LogP contribution >= 0.6 is 11.7 Å². The molecule has 3 aromatic heterocycles. The second-order valence-corrected chi connectivity index (χ2v) is 4.97. The van der Waals surface area contributed by atoms with E-state index in [1.165, 1.54) is 6.20 Å². The van der Waals surface area contributed by atoms with Crippen molar-refractivity contribution in [1.82, 2.24) is 28.7 Å². The van der Waals surface area contributed by atoms with Gasteiger partial charge in [0.2, 0.25) is 0 Å². The van der Waals surface area contributed by atoms with E-state index in [1.54, 1.807) is 12.4 Å². The number of benzene rings is 1. The molecule has 7 nitrogen and oxygen atoms in total. The highest BCUT2D eigenvalue weighted by molar-refractivity contribution is 6.99. The van der Waals surface area contributed by atoms with Gasteiger partial charge in [-0.3, -0.25) is 0 Å². The molecule has 0 bridgehead atoms. The van der Waals surface area contributed by atoms with E-state index in [-0.39, 0.29) is 5.69 Å². The van der Waals surface area contributed by atoms with Gasteiger partial charge < -0.3 is 9.97 Å². The number of nitrogens with one attached hydrogen (secondary N) is 2. The first-order chi connectivity index (χ1) is 10.3. The summed E-state index contributed by atoms with van der Waals surface area (Å²) in [4.78, 5) is 25.0. The number of aromatic amines is 2. The van der Waals surface area contributed by atoms with Crippen molar-refractivity contribution >= 4 is 22.8 Å². The Kier molecular flexibility index (Phi) is 2.61. The average Bonchev–Trinajstić information content (AvgIpc) is 3.16. The Hall–Kier alpha value is -2.87. The minimum absolute atomic E-state index is 0.363. The highest BCUT2D eigenvalue weighted by Gasteiger charge is 2.09. The van der Waals surface area contributed by atoms with Crippen molar-refractivity contribution in [3.63, 3.8) is 0 Å². The average molecular weight is 296 g/mol. The van der Waals surface area contributed by atoms with E-state index in [2.05, 4.69) is 28.7 Å². The highest BCUT2D eigenvalue weighted by atomic mass is 32.1. The topological polar surface area (TPSA) is 100 Å². The summed E-state index contributed by atoms with van der Waals surface area (Å²) >= 11 is 1.14. The van der Waals surface area contributed by atoms with Gasteiger partial charge in [0.15, 0.2) is 5.82 Å². The van der Waals surface area contributed by atoms with Gasteiger partial charge in [0.05, 0.1) is 29.0 Å². The third-order valence-corrected chi connectivity index (χ3v) is 3.57. The highest BCUT2D eigenvalue weighted by Crippen LogP contribution is 2.24. The van der Waals surface area contributed by atoms with Gasteiger partial charge in [0.1, 0.15) is 5.69 Å². The van der Waals surface area contributed by atoms with E-state index >= 15 is 0 Å². The first-order valence-corrected chi connectivity index (χ1v) is 6.85. The maximum atomic E-state index is 11.0. The fraction of sp³-hybridized carbons (Fsp3) is 0. The minimum atomic E-state index is -0.363. The van der Waals surface area contributed by atoms with Gasteiger partial charge in [0.25, 0.3) is 0 Å². The first kappa shape index (κ1) is 11.9. The fourth-order valence-corrected chi connectivity index (χ4v) is 2.49. The molecule has 4 rings (SSSR count). The molecule has 0 aliphatic heterocycles. The monoisotopic (exact) mass is 296 g/mol. The molecule has 2 N–H and O–H groups in total.